The summed E-state index contributed by atoms with van der Waals surface area (Å²) in [5.74, 6) is -2.60. The summed E-state index contributed by atoms with van der Waals surface area (Å²) < 4.78 is 0. The first-order chi connectivity index (χ1) is 19.1. The fourth-order valence-corrected chi connectivity index (χ4v) is 4.30. The van der Waals surface area contributed by atoms with E-state index in [1.165, 1.54) is 0 Å². The standard InChI is InChI=1S/C31H33N5O4/c1-19(16-27(37)29(33)38)35-26(17-21-8-10-22(18-32)11-9-21)31(40)36-28(30(34)39)20(2)23-12-14-25(15-13-23)24-6-4-3-5-7-24/h3-15,20,26-28,35,37H,1,16-17H2,2H3,(H2,33,38)(H2,34,39)(H,36,40)/t20?,26-,27-,28+/m1/s1. The molecular formula is C31H33N5O4. The van der Waals surface area contributed by atoms with E-state index < -0.39 is 41.8 Å². The van der Waals surface area contributed by atoms with Crippen LogP contribution in [-0.2, 0) is 20.8 Å². The van der Waals surface area contributed by atoms with Gasteiger partial charge in [0.05, 0.1) is 11.6 Å². The molecule has 7 N–H and O–H groups in total. The summed E-state index contributed by atoms with van der Waals surface area (Å²) in [5.41, 5.74) is 15.2. The molecule has 4 atom stereocenters. The van der Waals surface area contributed by atoms with E-state index in [-0.39, 0.29) is 18.5 Å². The first kappa shape index (κ1) is 29.6. The zero-order valence-corrected chi connectivity index (χ0v) is 22.2. The van der Waals surface area contributed by atoms with E-state index in [2.05, 4.69) is 17.2 Å². The van der Waals surface area contributed by atoms with Gasteiger partial charge in [-0.2, -0.15) is 5.26 Å². The number of nitrogens with one attached hydrogen (secondary N) is 2. The molecule has 0 saturated carbocycles. The van der Waals surface area contributed by atoms with Crippen molar-refractivity contribution in [1.29, 1.82) is 5.26 Å². The molecular weight excluding hydrogens is 506 g/mol. The normalized spacial score (nSPS) is 13.6. The second-order valence-electron chi connectivity index (χ2n) is 9.60. The average Bonchev–Trinajstić information content (AvgIpc) is 2.95. The number of carbonyl (C=O) groups excluding carboxylic acids is 3. The Balaban J connectivity index is 1.80. The number of nitrogens with two attached hydrogens (primary N) is 2. The van der Waals surface area contributed by atoms with Crippen LogP contribution in [0.25, 0.3) is 11.1 Å². The molecule has 0 aliphatic rings. The van der Waals surface area contributed by atoms with Crippen LogP contribution in [0, 0.1) is 11.3 Å². The number of carbonyl (C=O) groups is 3. The minimum absolute atomic E-state index is 0.162. The number of hydrogen-bond acceptors (Lipinski definition) is 6. The third-order valence-corrected chi connectivity index (χ3v) is 6.63. The minimum Gasteiger partial charge on any atom is -0.383 e. The average molecular weight is 540 g/mol. The van der Waals surface area contributed by atoms with Crippen molar-refractivity contribution in [3.05, 3.63) is 108 Å². The number of rotatable bonds is 13. The van der Waals surface area contributed by atoms with Crippen molar-refractivity contribution in [1.82, 2.24) is 10.6 Å². The molecule has 9 heteroatoms. The summed E-state index contributed by atoms with van der Waals surface area (Å²) in [6.45, 7) is 5.61. The maximum atomic E-state index is 13.5. The highest BCUT2D eigenvalue weighted by atomic mass is 16.3. The number of nitriles is 1. The van der Waals surface area contributed by atoms with Gasteiger partial charge in [0.15, 0.2) is 0 Å². The lowest BCUT2D eigenvalue weighted by Crippen LogP contribution is -2.54. The Bertz CT molecular complexity index is 1380. The molecule has 0 aliphatic carbocycles. The number of amides is 3. The Morgan fingerprint density at radius 1 is 0.900 bits per heavy atom. The van der Waals surface area contributed by atoms with E-state index in [1.807, 2.05) is 60.7 Å². The van der Waals surface area contributed by atoms with Crippen molar-refractivity contribution in [3.8, 4) is 17.2 Å². The van der Waals surface area contributed by atoms with Crippen LogP contribution in [0.3, 0.4) is 0 Å². The lowest BCUT2D eigenvalue weighted by Gasteiger charge is -2.27. The number of nitrogens with zero attached hydrogens (tertiary/aromatic N) is 1. The lowest BCUT2D eigenvalue weighted by molar-refractivity contribution is -0.129. The fourth-order valence-electron chi connectivity index (χ4n) is 4.30. The number of aliphatic hydroxyl groups excluding tert-OH is 1. The first-order valence-corrected chi connectivity index (χ1v) is 12.7. The lowest BCUT2D eigenvalue weighted by atomic mass is 9.91. The Morgan fingerprint density at radius 2 is 1.50 bits per heavy atom. The van der Waals surface area contributed by atoms with E-state index in [4.69, 9.17) is 16.7 Å². The van der Waals surface area contributed by atoms with Crippen molar-refractivity contribution < 1.29 is 19.5 Å². The Hall–Kier alpha value is -4.94. The van der Waals surface area contributed by atoms with Gasteiger partial charge in [-0.25, -0.2) is 0 Å². The van der Waals surface area contributed by atoms with Gasteiger partial charge >= 0.3 is 0 Å². The van der Waals surface area contributed by atoms with Crippen LogP contribution >= 0.6 is 0 Å². The maximum Gasteiger partial charge on any atom is 0.246 e. The van der Waals surface area contributed by atoms with Gasteiger partial charge in [0.2, 0.25) is 17.7 Å². The second kappa shape index (κ2) is 13.7. The topological polar surface area (TPSA) is 171 Å². The van der Waals surface area contributed by atoms with Gasteiger partial charge in [-0.05, 0) is 34.4 Å². The summed E-state index contributed by atoms with van der Waals surface area (Å²) >= 11 is 0. The highest BCUT2D eigenvalue weighted by molar-refractivity contribution is 5.90. The summed E-state index contributed by atoms with van der Waals surface area (Å²) in [7, 11) is 0. The predicted octanol–water partition coefficient (Wildman–Crippen LogP) is 2.25. The molecule has 9 nitrogen and oxygen atoms in total. The molecule has 0 radical (unpaired) electrons. The van der Waals surface area contributed by atoms with Crippen molar-refractivity contribution in [2.75, 3.05) is 0 Å². The zero-order valence-electron chi connectivity index (χ0n) is 22.2. The summed E-state index contributed by atoms with van der Waals surface area (Å²) in [6, 6.07) is 24.3. The molecule has 0 aliphatic heterocycles. The van der Waals surface area contributed by atoms with Gasteiger partial charge in [-0.3, -0.25) is 14.4 Å². The highest BCUT2D eigenvalue weighted by Crippen LogP contribution is 2.25. The molecule has 0 spiro atoms. The number of aliphatic hydroxyl groups is 1. The molecule has 0 saturated heterocycles. The van der Waals surface area contributed by atoms with Crippen LogP contribution < -0.4 is 22.1 Å². The van der Waals surface area contributed by atoms with E-state index >= 15 is 0 Å². The fraction of sp³-hybridized carbons (Fsp3) is 0.226. The molecule has 0 bridgehead atoms. The van der Waals surface area contributed by atoms with Gasteiger partial charge in [-0.1, -0.05) is 80.2 Å². The second-order valence-corrected chi connectivity index (χ2v) is 9.60. The van der Waals surface area contributed by atoms with Crippen LogP contribution in [0.15, 0.2) is 91.1 Å². The molecule has 206 valence electrons. The van der Waals surface area contributed by atoms with E-state index in [9.17, 15) is 19.5 Å². The quantitative estimate of drug-likeness (QED) is 0.223. The summed E-state index contributed by atoms with van der Waals surface area (Å²) in [5, 5.41) is 24.6. The molecule has 3 rings (SSSR count). The van der Waals surface area contributed by atoms with Crippen molar-refractivity contribution in [2.24, 2.45) is 11.5 Å². The highest BCUT2D eigenvalue weighted by Gasteiger charge is 2.30. The molecule has 3 aromatic rings. The predicted molar refractivity (Wildman–Crippen MR) is 152 cm³/mol. The number of hydrogen-bond donors (Lipinski definition) is 5. The van der Waals surface area contributed by atoms with E-state index in [0.717, 1.165) is 22.3 Å². The van der Waals surface area contributed by atoms with Gasteiger partial charge in [0.25, 0.3) is 0 Å². The van der Waals surface area contributed by atoms with Gasteiger partial charge in [0.1, 0.15) is 18.2 Å². The molecule has 1 unspecified atom stereocenters. The Labute approximate surface area is 233 Å². The van der Waals surface area contributed by atoms with Gasteiger partial charge < -0.3 is 27.2 Å². The van der Waals surface area contributed by atoms with Crippen LogP contribution in [0.4, 0.5) is 0 Å². The maximum absolute atomic E-state index is 13.5. The van der Waals surface area contributed by atoms with Crippen LogP contribution in [0.2, 0.25) is 0 Å². The van der Waals surface area contributed by atoms with Crippen molar-refractivity contribution >= 4 is 17.7 Å². The smallest absolute Gasteiger partial charge is 0.246 e. The zero-order chi connectivity index (χ0) is 29.2. The number of primary amides is 2. The van der Waals surface area contributed by atoms with Crippen molar-refractivity contribution in [3.63, 3.8) is 0 Å². The molecule has 0 fully saturated rings. The van der Waals surface area contributed by atoms with Crippen LogP contribution in [0.5, 0.6) is 0 Å². The number of benzene rings is 3. The largest absolute Gasteiger partial charge is 0.383 e. The van der Waals surface area contributed by atoms with Crippen LogP contribution in [0.1, 0.15) is 36.0 Å². The first-order valence-electron chi connectivity index (χ1n) is 12.7. The minimum atomic E-state index is -1.48. The third-order valence-electron chi connectivity index (χ3n) is 6.63. The Kier molecular flexibility index (Phi) is 10.2. The molecule has 0 aromatic heterocycles. The molecule has 40 heavy (non-hydrogen) atoms. The third kappa shape index (κ3) is 8.03. The van der Waals surface area contributed by atoms with Gasteiger partial charge in [0, 0.05) is 24.5 Å². The summed E-state index contributed by atoms with van der Waals surface area (Å²) in [4.78, 5) is 37.3. The Morgan fingerprint density at radius 3 is 2.05 bits per heavy atom. The molecule has 0 heterocycles. The SMILES string of the molecule is C=C(C[C@@H](O)C(N)=O)N[C@H](Cc1ccc(C#N)cc1)C(=O)N[C@H](C(N)=O)C(C)c1ccc(-c2ccccc2)cc1. The monoisotopic (exact) mass is 539 g/mol. The summed E-state index contributed by atoms with van der Waals surface area (Å²) in [6.07, 6.45) is -1.51. The van der Waals surface area contributed by atoms with E-state index in [1.54, 1.807) is 31.2 Å². The van der Waals surface area contributed by atoms with Crippen molar-refractivity contribution in [2.45, 2.75) is 43.9 Å². The molecule has 3 amide bonds. The van der Waals surface area contributed by atoms with Gasteiger partial charge in [-0.15, -0.1) is 0 Å². The van der Waals surface area contributed by atoms with Crippen LogP contribution in [-0.4, -0.2) is 41.0 Å². The van der Waals surface area contributed by atoms with E-state index in [0.29, 0.717) is 5.56 Å². The molecule has 3 aromatic carbocycles.